The van der Waals surface area contributed by atoms with Crippen molar-refractivity contribution >= 4 is 11.8 Å². The standard InChI is InChI=1S/C14H20N4O2/c1-10-12(15)18(13(19)20-14(2,3)4)16-17(10)11-8-6-5-7-9-11/h5-9,16H,15H2,1-4H3. The van der Waals surface area contributed by atoms with Crippen LogP contribution in [0.25, 0.3) is 0 Å². The Morgan fingerprint density at radius 2 is 1.85 bits per heavy atom. The van der Waals surface area contributed by atoms with Crippen molar-refractivity contribution in [3.8, 4) is 0 Å². The normalized spacial score (nSPS) is 15.8. The van der Waals surface area contributed by atoms with E-state index in [4.69, 9.17) is 10.5 Å². The van der Waals surface area contributed by atoms with E-state index >= 15 is 0 Å². The molecule has 6 heteroatoms. The van der Waals surface area contributed by atoms with E-state index in [9.17, 15) is 4.79 Å². The lowest BCUT2D eigenvalue weighted by Crippen LogP contribution is -2.47. The zero-order chi connectivity index (χ0) is 14.9. The molecule has 0 aromatic heterocycles. The summed E-state index contributed by atoms with van der Waals surface area (Å²) < 4.78 is 5.31. The molecular formula is C14H20N4O2. The summed E-state index contributed by atoms with van der Waals surface area (Å²) in [6, 6.07) is 9.59. The highest BCUT2D eigenvalue weighted by Gasteiger charge is 2.33. The first-order valence-electron chi connectivity index (χ1n) is 6.40. The zero-order valence-electron chi connectivity index (χ0n) is 12.2. The van der Waals surface area contributed by atoms with Crippen LogP contribution in [0.3, 0.4) is 0 Å². The first-order chi connectivity index (χ1) is 9.29. The third-order valence-electron chi connectivity index (χ3n) is 2.74. The number of nitrogens with zero attached hydrogens (tertiary/aromatic N) is 2. The molecule has 6 nitrogen and oxygen atoms in total. The third kappa shape index (κ3) is 2.85. The zero-order valence-corrected chi connectivity index (χ0v) is 12.2. The van der Waals surface area contributed by atoms with E-state index in [2.05, 4.69) is 5.53 Å². The van der Waals surface area contributed by atoms with Gasteiger partial charge in [0, 0.05) is 0 Å². The number of allylic oxidation sites excluding steroid dienone is 1. The number of hydrogen-bond donors (Lipinski definition) is 2. The summed E-state index contributed by atoms with van der Waals surface area (Å²) in [6.45, 7) is 7.26. The van der Waals surface area contributed by atoms with Crippen molar-refractivity contribution in [1.82, 2.24) is 10.5 Å². The van der Waals surface area contributed by atoms with Crippen LogP contribution in [0.1, 0.15) is 27.7 Å². The predicted molar refractivity (Wildman–Crippen MR) is 77.0 cm³/mol. The van der Waals surface area contributed by atoms with Gasteiger partial charge < -0.3 is 10.5 Å². The Morgan fingerprint density at radius 1 is 1.25 bits per heavy atom. The second-order valence-electron chi connectivity index (χ2n) is 5.56. The molecule has 1 aliphatic rings. The van der Waals surface area contributed by atoms with Gasteiger partial charge in [-0.05, 0) is 39.8 Å². The van der Waals surface area contributed by atoms with Gasteiger partial charge in [-0.25, -0.2) is 4.79 Å². The number of amides is 1. The van der Waals surface area contributed by atoms with E-state index in [1.807, 2.05) is 58.0 Å². The van der Waals surface area contributed by atoms with Gasteiger partial charge in [-0.1, -0.05) is 18.2 Å². The van der Waals surface area contributed by atoms with Crippen LogP contribution in [0.15, 0.2) is 41.8 Å². The van der Waals surface area contributed by atoms with Crippen molar-refractivity contribution in [3.63, 3.8) is 0 Å². The maximum Gasteiger partial charge on any atom is 0.432 e. The Bertz CT molecular complexity index is 534. The molecule has 0 unspecified atom stereocenters. The summed E-state index contributed by atoms with van der Waals surface area (Å²) in [5.41, 5.74) is 9.94. The second-order valence-corrected chi connectivity index (χ2v) is 5.56. The molecule has 0 saturated heterocycles. The van der Waals surface area contributed by atoms with Gasteiger partial charge in [0.2, 0.25) is 0 Å². The summed E-state index contributed by atoms with van der Waals surface area (Å²) in [4.78, 5) is 12.1. The predicted octanol–water partition coefficient (Wildman–Crippen LogP) is 2.31. The molecule has 0 spiro atoms. The van der Waals surface area contributed by atoms with Gasteiger partial charge in [-0.2, -0.15) is 5.01 Å². The van der Waals surface area contributed by atoms with Gasteiger partial charge in [0.1, 0.15) is 11.4 Å². The topological polar surface area (TPSA) is 70.8 Å². The highest BCUT2D eigenvalue weighted by atomic mass is 16.6. The minimum Gasteiger partial charge on any atom is -0.442 e. The first-order valence-corrected chi connectivity index (χ1v) is 6.40. The fourth-order valence-electron chi connectivity index (χ4n) is 1.78. The van der Waals surface area contributed by atoms with Crippen LogP contribution in [0.5, 0.6) is 0 Å². The molecule has 3 N–H and O–H groups in total. The molecule has 1 aromatic rings. The Morgan fingerprint density at radius 3 is 2.40 bits per heavy atom. The maximum absolute atomic E-state index is 12.1. The van der Waals surface area contributed by atoms with Crippen molar-refractivity contribution in [2.24, 2.45) is 5.73 Å². The average Bonchev–Trinajstić information content (AvgIpc) is 2.66. The van der Waals surface area contributed by atoms with Crippen LogP contribution in [0.4, 0.5) is 10.5 Å². The fourth-order valence-corrected chi connectivity index (χ4v) is 1.78. The number of ether oxygens (including phenoxy) is 1. The van der Waals surface area contributed by atoms with Crippen LogP contribution in [0, 0.1) is 0 Å². The Hall–Kier alpha value is -2.21. The number of nitrogens with one attached hydrogen (secondary N) is 1. The lowest BCUT2D eigenvalue weighted by atomic mass is 10.2. The van der Waals surface area contributed by atoms with Crippen LogP contribution >= 0.6 is 0 Å². The molecule has 0 aliphatic carbocycles. The SMILES string of the molecule is CC1=C(N)N(C(=O)OC(C)(C)C)NN1c1ccccc1. The van der Waals surface area contributed by atoms with Gasteiger partial charge in [0.15, 0.2) is 0 Å². The highest BCUT2D eigenvalue weighted by Crippen LogP contribution is 2.24. The van der Waals surface area contributed by atoms with Gasteiger partial charge in [0.05, 0.1) is 11.4 Å². The smallest absolute Gasteiger partial charge is 0.432 e. The lowest BCUT2D eigenvalue weighted by Gasteiger charge is -2.26. The van der Waals surface area contributed by atoms with E-state index < -0.39 is 11.7 Å². The second kappa shape index (κ2) is 5.05. The number of hydrogen-bond acceptors (Lipinski definition) is 5. The van der Waals surface area contributed by atoms with Crippen molar-refractivity contribution in [3.05, 3.63) is 41.8 Å². The summed E-state index contributed by atoms with van der Waals surface area (Å²) in [5.74, 6) is 0.322. The van der Waals surface area contributed by atoms with E-state index in [0.29, 0.717) is 5.82 Å². The molecule has 1 aromatic carbocycles. The number of carbonyl (C=O) groups excluding carboxylic acids is 1. The van der Waals surface area contributed by atoms with Gasteiger partial charge >= 0.3 is 6.09 Å². The Balaban J connectivity index is 2.19. The Labute approximate surface area is 118 Å². The number of para-hydroxylation sites is 1. The third-order valence-corrected chi connectivity index (χ3v) is 2.74. The van der Waals surface area contributed by atoms with E-state index in [1.54, 1.807) is 5.01 Å². The molecule has 0 radical (unpaired) electrons. The van der Waals surface area contributed by atoms with Crippen LogP contribution in [-0.2, 0) is 4.74 Å². The molecule has 108 valence electrons. The number of hydrazine groups is 2. The monoisotopic (exact) mass is 276 g/mol. The highest BCUT2D eigenvalue weighted by molar-refractivity contribution is 5.72. The largest absolute Gasteiger partial charge is 0.442 e. The average molecular weight is 276 g/mol. The van der Waals surface area contributed by atoms with Crippen LogP contribution in [-0.4, -0.2) is 16.7 Å². The molecule has 20 heavy (non-hydrogen) atoms. The lowest BCUT2D eigenvalue weighted by molar-refractivity contribution is 0.0244. The molecule has 1 amide bonds. The molecule has 0 saturated carbocycles. The molecule has 0 bridgehead atoms. The number of anilines is 1. The van der Waals surface area contributed by atoms with E-state index in [0.717, 1.165) is 11.4 Å². The number of rotatable bonds is 1. The van der Waals surface area contributed by atoms with Crippen molar-refractivity contribution in [2.75, 3.05) is 5.01 Å². The quantitative estimate of drug-likeness (QED) is 0.823. The fraction of sp³-hybridized carbons (Fsp3) is 0.357. The number of carbonyl (C=O) groups is 1. The maximum atomic E-state index is 12.1. The summed E-state index contributed by atoms with van der Waals surface area (Å²) in [5, 5.41) is 2.94. The van der Waals surface area contributed by atoms with Gasteiger partial charge in [-0.15, -0.1) is 5.53 Å². The van der Waals surface area contributed by atoms with Crippen LogP contribution in [0.2, 0.25) is 0 Å². The minimum atomic E-state index is -0.576. The van der Waals surface area contributed by atoms with Gasteiger partial charge in [-0.3, -0.25) is 5.01 Å². The number of benzene rings is 1. The molecule has 2 rings (SSSR count). The Kier molecular flexibility index (Phi) is 3.59. The van der Waals surface area contributed by atoms with Crippen molar-refractivity contribution in [1.29, 1.82) is 0 Å². The van der Waals surface area contributed by atoms with E-state index in [-0.39, 0.29) is 0 Å². The van der Waals surface area contributed by atoms with Crippen molar-refractivity contribution in [2.45, 2.75) is 33.3 Å². The molecular weight excluding hydrogens is 256 g/mol. The molecule has 1 heterocycles. The summed E-state index contributed by atoms with van der Waals surface area (Å²) >= 11 is 0. The minimum absolute atomic E-state index is 0.322. The van der Waals surface area contributed by atoms with Gasteiger partial charge in [0.25, 0.3) is 0 Å². The first kappa shape index (κ1) is 14.2. The molecule has 1 aliphatic heterocycles. The summed E-state index contributed by atoms with van der Waals surface area (Å²) in [7, 11) is 0. The summed E-state index contributed by atoms with van der Waals surface area (Å²) in [6.07, 6.45) is -0.534. The van der Waals surface area contributed by atoms with E-state index in [1.165, 1.54) is 5.01 Å². The number of nitrogens with two attached hydrogens (primary N) is 1. The molecule has 0 atom stereocenters. The molecule has 0 fully saturated rings. The van der Waals surface area contributed by atoms with Crippen LogP contribution < -0.4 is 16.3 Å². The van der Waals surface area contributed by atoms with Crippen molar-refractivity contribution < 1.29 is 9.53 Å².